The van der Waals surface area contributed by atoms with Crippen LogP contribution in [0.15, 0.2) is 24.3 Å². The number of halogens is 2. The molecule has 4 nitrogen and oxygen atoms in total. The molecule has 0 spiro atoms. The number of nitrogens with one attached hydrogen (secondary N) is 2. The zero-order valence-electron chi connectivity index (χ0n) is 12.0. The molecule has 1 aromatic carbocycles. The molecule has 0 bridgehead atoms. The summed E-state index contributed by atoms with van der Waals surface area (Å²) in [5, 5.41) is 0. The van der Waals surface area contributed by atoms with E-state index in [1.165, 1.54) is 0 Å². The molecule has 1 saturated heterocycles. The Balaban J connectivity index is 0.000000677. The molecule has 0 aliphatic carbocycles. The monoisotopic (exact) mass is 513 g/mol. The van der Waals surface area contributed by atoms with Gasteiger partial charge in [-0.1, -0.05) is 18.6 Å². The second-order valence-electron chi connectivity index (χ2n) is 5.02. The first kappa shape index (κ1) is 19.2. The summed E-state index contributed by atoms with van der Waals surface area (Å²) in [5.41, 5.74) is 15.6. The van der Waals surface area contributed by atoms with Crippen LogP contribution < -0.4 is 4.74 Å². The average Bonchev–Trinajstić information content (AvgIpc) is 2.51. The first-order chi connectivity index (χ1) is 9.97. The fourth-order valence-electron chi connectivity index (χ4n) is 2.55. The third-order valence-corrected chi connectivity index (χ3v) is 3.99. The van der Waals surface area contributed by atoms with E-state index in [1.54, 1.807) is 7.11 Å². The van der Waals surface area contributed by atoms with Gasteiger partial charge < -0.3 is 20.9 Å². The van der Waals surface area contributed by atoms with Crippen LogP contribution in [-0.4, -0.2) is 25.8 Å². The summed E-state index contributed by atoms with van der Waals surface area (Å²) in [5.74, 6) is 0.791. The Hall–Kier alpha value is 0.168. The molecule has 2 N–H and O–H groups in total. The van der Waals surface area contributed by atoms with Gasteiger partial charge in [0.15, 0.2) is 0 Å². The van der Waals surface area contributed by atoms with Crippen LogP contribution >= 0.6 is 18.8 Å². The zero-order valence-corrected chi connectivity index (χ0v) is 15.8. The van der Waals surface area contributed by atoms with Crippen molar-refractivity contribution in [2.24, 2.45) is 0 Å². The van der Waals surface area contributed by atoms with Gasteiger partial charge >= 0.3 is 35.3 Å². The van der Waals surface area contributed by atoms with E-state index < -0.39 is 27.6 Å². The molecule has 1 fully saturated rings. The van der Waals surface area contributed by atoms with Crippen molar-refractivity contribution >= 4 is 18.8 Å². The van der Waals surface area contributed by atoms with Gasteiger partial charge in [-0.3, -0.25) is 0 Å². The molecule has 1 aliphatic heterocycles. The third-order valence-electron chi connectivity index (χ3n) is 3.99. The Bertz CT molecular complexity index is 435. The van der Waals surface area contributed by atoms with Crippen LogP contribution in [-0.2, 0) is 26.8 Å². The van der Waals surface area contributed by atoms with Crippen molar-refractivity contribution in [3.63, 3.8) is 0 Å². The minimum absolute atomic E-state index is 0.0511. The molecule has 1 aliphatic rings. The Labute approximate surface area is 142 Å². The number of hydrogen-bond donors (Lipinski definition) is 0. The standard InChI is InChI=1S/C14H20N2O2.2ClH.Pt/c1-13(11-4-6-12(17-2)7-5-11)14(16,10-15)8-3-9-18-13;;;/h4-7,15-16H,3,8-10H2,1-2H3;2*1H;/q-2;;;+4/p-2. The van der Waals surface area contributed by atoms with E-state index in [9.17, 15) is 0 Å². The summed E-state index contributed by atoms with van der Waals surface area (Å²) in [7, 11) is 11.4. The molecular weight excluding hydrogens is 494 g/mol. The fraction of sp³-hybridized carbons (Fsp3) is 0.571. The number of methoxy groups -OCH3 is 1. The van der Waals surface area contributed by atoms with Gasteiger partial charge in [0.05, 0.1) is 12.7 Å². The Morgan fingerprint density at radius 2 is 1.90 bits per heavy atom. The second kappa shape index (κ2) is 8.71. The predicted octanol–water partition coefficient (Wildman–Crippen LogP) is 4.94. The maximum atomic E-state index is 8.52. The zero-order chi connectivity index (χ0) is 15.9. The van der Waals surface area contributed by atoms with Crippen molar-refractivity contribution in [2.45, 2.75) is 30.9 Å². The Morgan fingerprint density at radius 3 is 2.38 bits per heavy atom. The van der Waals surface area contributed by atoms with Crippen LogP contribution in [0.2, 0.25) is 0 Å². The van der Waals surface area contributed by atoms with E-state index in [-0.39, 0.29) is 6.54 Å². The van der Waals surface area contributed by atoms with E-state index in [4.69, 9.17) is 39.8 Å². The van der Waals surface area contributed by atoms with Gasteiger partial charge in [0, 0.05) is 6.61 Å². The molecular formula is C14H20Cl2N2O2Pt. The topological polar surface area (TPSA) is 66.1 Å². The number of benzene rings is 1. The van der Waals surface area contributed by atoms with Crippen LogP contribution in [0.25, 0.3) is 11.5 Å². The van der Waals surface area contributed by atoms with Crippen molar-refractivity contribution in [3.8, 4) is 5.75 Å². The summed E-state index contributed by atoms with van der Waals surface area (Å²) in [6.07, 6.45) is 1.56. The van der Waals surface area contributed by atoms with Crippen LogP contribution in [0.5, 0.6) is 5.75 Å². The summed E-state index contributed by atoms with van der Waals surface area (Å²) < 4.78 is 11.0. The summed E-state index contributed by atoms with van der Waals surface area (Å²) in [6.45, 7) is 2.63. The van der Waals surface area contributed by atoms with Gasteiger partial charge in [-0.2, -0.15) is 6.54 Å². The van der Waals surface area contributed by atoms with Gasteiger partial charge in [-0.25, -0.2) is 0 Å². The molecule has 1 aromatic rings. The average molecular weight is 514 g/mol. The molecule has 1 heterocycles. The van der Waals surface area contributed by atoms with Crippen molar-refractivity contribution < 1.29 is 26.0 Å². The molecule has 7 heteroatoms. The van der Waals surface area contributed by atoms with E-state index in [0.717, 1.165) is 17.7 Å². The second-order valence-corrected chi connectivity index (χ2v) is 8.30. The Kier molecular flexibility index (Phi) is 7.97. The van der Waals surface area contributed by atoms with E-state index in [1.807, 2.05) is 31.2 Å². The molecule has 2 rings (SSSR count). The van der Waals surface area contributed by atoms with Crippen molar-refractivity contribution in [1.29, 1.82) is 0 Å². The number of ether oxygens (including phenoxy) is 2. The first-order valence-electron chi connectivity index (χ1n) is 6.48. The van der Waals surface area contributed by atoms with Gasteiger partial charge in [0.25, 0.3) is 0 Å². The maximum absolute atomic E-state index is 8.52. The third kappa shape index (κ3) is 4.34. The van der Waals surface area contributed by atoms with Crippen LogP contribution in [0.3, 0.4) is 0 Å². The normalized spacial score (nSPS) is 28.7. The van der Waals surface area contributed by atoms with Gasteiger partial charge in [0.2, 0.25) is 0 Å². The van der Waals surface area contributed by atoms with Crippen molar-refractivity contribution in [1.82, 2.24) is 0 Å². The molecule has 122 valence electrons. The van der Waals surface area contributed by atoms with Crippen molar-refractivity contribution in [2.75, 3.05) is 20.3 Å². The van der Waals surface area contributed by atoms with E-state index in [0.29, 0.717) is 13.0 Å². The summed E-state index contributed by atoms with van der Waals surface area (Å²) in [6, 6.07) is 7.62. The quantitative estimate of drug-likeness (QED) is 0.574. The number of hydrogen-bond acceptors (Lipinski definition) is 2. The molecule has 21 heavy (non-hydrogen) atoms. The first-order valence-corrected chi connectivity index (χ1v) is 12.1. The van der Waals surface area contributed by atoms with E-state index in [2.05, 4.69) is 0 Å². The minimum atomic E-state index is -0.875. The molecule has 0 saturated carbocycles. The number of rotatable bonds is 3. The molecule has 0 aromatic heterocycles. The van der Waals surface area contributed by atoms with Crippen LogP contribution in [0.4, 0.5) is 0 Å². The van der Waals surface area contributed by atoms with E-state index >= 15 is 0 Å². The van der Waals surface area contributed by atoms with Crippen LogP contribution in [0.1, 0.15) is 25.3 Å². The molecule has 2 atom stereocenters. The molecule has 0 radical (unpaired) electrons. The van der Waals surface area contributed by atoms with Gasteiger partial charge in [-0.05, 0) is 31.0 Å². The van der Waals surface area contributed by atoms with Crippen LogP contribution in [0, 0.1) is 0 Å². The van der Waals surface area contributed by atoms with Gasteiger partial charge in [-0.15, -0.1) is 5.54 Å². The molecule has 0 amide bonds. The SMILES string of the molecule is COc1ccc(C2(C)OCCCC2([NH-])C[NH-])cc1.[Cl][Pt+2][Cl]. The Morgan fingerprint density at radius 1 is 1.33 bits per heavy atom. The predicted molar refractivity (Wildman–Crippen MR) is 83.5 cm³/mol. The summed E-state index contributed by atoms with van der Waals surface area (Å²) >= 11 is -0.472. The van der Waals surface area contributed by atoms with Crippen molar-refractivity contribution in [3.05, 3.63) is 41.3 Å². The van der Waals surface area contributed by atoms with Gasteiger partial charge in [0.1, 0.15) is 5.75 Å². The summed E-state index contributed by atoms with van der Waals surface area (Å²) in [4.78, 5) is 0. The fourth-order valence-corrected chi connectivity index (χ4v) is 2.55. The molecule has 2 unspecified atom stereocenters.